The molecule has 0 aliphatic rings. The van der Waals surface area contributed by atoms with Crippen LogP contribution in [0.25, 0.3) is 0 Å². The molecule has 1 atom stereocenters. The second kappa shape index (κ2) is 5.07. The van der Waals surface area contributed by atoms with Gasteiger partial charge in [-0.05, 0) is 44.0 Å². The van der Waals surface area contributed by atoms with Crippen LogP contribution in [0.2, 0.25) is 0 Å². The van der Waals surface area contributed by atoms with Gasteiger partial charge in [-0.25, -0.2) is 0 Å². The van der Waals surface area contributed by atoms with Crippen molar-refractivity contribution in [3.05, 3.63) is 29.3 Å². The summed E-state index contributed by atoms with van der Waals surface area (Å²) >= 11 is 4.77. The summed E-state index contributed by atoms with van der Waals surface area (Å²) in [6.07, 6.45) is 0. The zero-order chi connectivity index (χ0) is 12.3. The second-order valence-electron chi connectivity index (χ2n) is 3.91. The van der Waals surface area contributed by atoms with Gasteiger partial charge in [-0.1, -0.05) is 18.3 Å². The van der Waals surface area contributed by atoms with Crippen LogP contribution in [0, 0.1) is 19.8 Å². The van der Waals surface area contributed by atoms with E-state index < -0.39 is 5.92 Å². The van der Waals surface area contributed by atoms with Crippen molar-refractivity contribution in [3.63, 3.8) is 0 Å². The maximum atomic E-state index is 11.7. The molecule has 0 bridgehead atoms. The van der Waals surface area contributed by atoms with Crippen molar-refractivity contribution >= 4 is 28.8 Å². The summed E-state index contributed by atoms with van der Waals surface area (Å²) in [4.78, 5) is 11.9. The highest BCUT2D eigenvalue weighted by Gasteiger charge is 2.15. The summed E-state index contributed by atoms with van der Waals surface area (Å²) in [5.74, 6) is -0.618. The molecule has 1 unspecified atom stereocenters. The van der Waals surface area contributed by atoms with Gasteiger partial charge < -0.3 is 11.1 Å². The molecule has 1 aromatic carbocycles. The Hall–Kier alpha value is -1.42. The third-order valence-corrected chi connectivity index (χ3v) is 2.95. The quantitative estimate of drug-likeness (QED) is 0.791. The Labute approximate surface area is 101 Å². The number of amides is 1. The van der Waals surface area contributed by atoms with Gasteiger partial charge in [0.25, 0.3) is 0 Å². The van der Waals surface area contributed by atoms with Crippen LogP contribution in [-0.4, -0.2) is 10.9 Å². The van der Waals surface area contributed by atoms with Crippen molar-refractivity contribution in [1.29, 1.82) is 0 Å². The summed E-state index contributed by atoms with van der Waals surface area (Å²) in [6, 6.07) is 5.77. The molecule has 3 N–H and O–H groups in total. The Morgan fingerprint density at radius 3 is 2.50 bits per heavy atom. The second-order valence-corrected chi connectivity index (χ2v) is 4.38. The molecule has 0 radical (unpaired) electrons. The van der Waals surface area contributed by atoms with Gasteiger partial charge in [-0.2, -0.15) is 0 Å². The van der Waals surface area contributed by atoms with E-state index in [1.165, 1.54) is 5.56 Å². The van der Waals surface area contributed by atoms with E-state index in [2.05, 4.69) is 5.32 Å². The number of hydrogen-bond acceptors (Lipinski definition) is 2. The molecular weight excluding hydrogens is 220 g/mol. The molecule has 0 aromatic heterocycles. The monoisotopic (exact) mass is 236 g/mol. The lowest BCUT2D eigenvalue weighted by Gasteiger charge is -2.11. The molecule has 0 spiro atoms. The maximum Gasteiger partial charge on any atom is 0.234 e. The predicted octanol–water partition coefficient (Wildman–Crippen LogP) is 2.16. The van der Waals surface area contributed by atoms with Crippen molar-refractivity contribution in [1.82, 2.24) is 0 Å². The SMILES string of the molecule is Cc1ccc(NC(=O)C(C)C(N)=S)cc1C. The van der Waals surface area contributed by atoms with Crippen LogP contribution in [0.5, 0.6) is 0 Å². The number of carbonyl (C=O) groups excluding carboxylic acids is 1. The molecule has 0 saturated heterocycles. The van der Waals surface area contributed by atoms with Gasteiger partial charge in [0, 0.05) is 5.69 Å². The lowest BCUT2D eigenvalue weighted by molar-refractivity contribution is -0.117. The van der Waals surface area contributed by atoms with Gasteiger partial charge in [0.1, 0.15) is 0 Å². The van der Waals surface area contributed by atoms with Gasteiger partial charge in [-0.3, -0.25) is 4.79 Å². The van der Waals surface area contributed by atoms with Crippen molar-refractivity contribution in [2.24, 2.45) is 11.7 Å². The van der Waals surface area contributed by atoms with Crippen molar-refractivity contribution < 1.29 is 4.79 Å². The third-order valence-electron chi connectivity index (χ3n) is 2.59. The summed E-state index contributed by atoms with van der Waals surface area (Å²) in [6.45, 7) is 5.72. The molecule has 3 nitrogen and oxygen atoms in total. The molecule has 1 amide bonds. The third kappa shape index (κ3) is 3.03. The molecule has 4 heteroatoms. The fourth-order valence-corrected chi connectivity index (χ4v) is 1.31. The van der Waals surface area contributed by atoms with E-state index in [4.69, 9.17) is 18.0 Å². The Kier molecular flexibility index (Phi) is 4.01. The highest BCUT2D eigenvalue weighted by Crippen LogP contribution is 2.15. The first-order valence-electron chi connectivity index (χ1n) is 5.09. The molecule has 1 rings (SSSR count). The fourth-order valence-electron chi connectivity index (χ4n) is 1.20. The first-order chi connectivity index (χ1) is 7.41. The largest absolute Gasteiger partial charge is 0.393 e. The summed E-state index contributed by atoms with van der Waals surface area (Å²) in [5.41, 5.74) is 8.52. The number of nitrogens with two attached hydrogens (primary N) is 1. The van der Waals surface area contributed by atoms with E-state index in [9.17, 15) is 4.79 Å². The summed E-state index contributed by atoms with van der Waals surface area (Å²) in [7, 11) is 0. The van der Waals surface area contributed by atoms with E-state index in [0.717, 1.165) is 11.3 Å². The van der Waals surface area contributed by atoms with Crippen LogP contribution in [0.3, 0.4) is 0 Å². The smallest absolute Gasteiger partial charge is 0.234 e. The average Bonchev–Trinajstić information content (AvgIpc) is 2.22. The molecule has 0 aliphatic heterocycles. The Balaban J connectivity index is 2.77. The lowest BCUT2D eigenvalue weighted by Crippen LogP contribution is -2.30. The fraction of sp³-hybridized carbons (Fsp3) is 0.333. The number of rotatable bonds is 3. The Morgan fingerprint density at radius 2 is 2.00 bits per heavy atom. The maximum absolute atomic E-state index is 11.7. The van der Waals surface area contributed by atoms with Gasteiger partial charge in [0.05, 0.1) is 10.9 Å². The number of aryl methyl sites for hydroxylation is 2. The molecule has 0 heterocycles. The van der Waals surface area contributed by atoms with Crippen molar-refractivity contribution in [3.8, 4) is 0 Å². The van der Waals surface area contributed by atoms with Crippen molar-refractivity contribution in [2.75, 3.05) is 5.32 Å². The highest BCUT2D eigenvalue weighted by molar-refractivity contribution is 7.80. The van der Waals surface area contributed by atoms with Crippen LogP contribution >= 0.6 is 12.2 Å². The normalized spacial score (nSPS) is 11.9. The number of benzene rings is 1. The average molecular weight is 236 g/mol. The topological polar surface area (TPSA) is 55.1 Å². The lowest BCUT2D eigenvalue weighted by atomic mass is 10.1. The minimum atomic E-state index is -0.448. The number of thiocarbonyl (C=S) groups is 1. The highest BCUT2D eigenvalue weighted by atomic mass is 32.1. The summed E-state index contributed by atoms with van der Waals surface area (Å²) < 4.78 is 0. The van der Waals surface area contributed by atoms with Crippen molar-refractivity contribution in [2.45, 2.75) is 20.8 Å². The standard InChI is InChI=1S/C12H16N2OS/c1-7-4-5-10(6-8(7)2)14-12(15)9(3)11(13)16/h4-6,9H,1-3H3,(H2,13,16)(H,14,15). The summed E-state index contributed by atoms with van der Waals surface area (Å²) in [5, 5.41) is 2.78. The number of anilines is 1. The predicted molar refractivity (Wildman–Crippen MR) is 70.5 cm³/mol. The molecule has 1 aromatic rings. The van der Waals surface area contributed by atoms with E-state index in [1.54, 1.807) is 6.92 Å². The molecule has 0 saturated carbocycles. The first-order valence-corrected chi connectivity index (χ1v) is 5.50. The van der Waals surface area contributed by atoms with Gasteiger partial charge in [0.2, 0.25) is 5.91 Å². The minimum absolute atomic E-state index is 0.171. The zero-order valence-corrected chi connectivity index (χ0v) is 10.5. The minimum Gasteiger partial charge on any atom is -0.393 e. The molecule has 86 valence electrons. The van der Waals surface area contributed by atoms with Gasteiger partial charge >= 0.3 is 0 Å². The molecular formula is C12H16N2OS. The molecule has 0 fully saturated rings. The van der Waals surface area contributed by atoms with E-state index >= 15 is 0 Å². The van der Waals surface area contributed by atoms with Crippen LogP contribution in [-0.2, 0) is 4.79 Å². The zero-order valence-electron chi connectivity index (χ0n) is 9.70. The van der Waals surface area contributed by atoms with E-state index in [0.29, 0.717) is 0 Å². The van der Waals surface area contributed by atoms with E-state index in [-0.39, 0.29) is 10.9 Å². The number of hydrogen-bond donors (Lipinski definition) is 2. The Bertz CT molecular complexity index is 429. The number of carbonyl (C=O) groups is 1. The molecule has 0 aliphatic carbocycles. The van der Waals surface area contributed by atoms with Gasteiger partial charge in [-0.15, -0.1) is 0 Å². The van der Waals surface area contributed by atoms with Crippen LogP contribution < -0.4 is 11.1 Å². The first kappa shape index (κ1) is 12.6. The Morgan fingerprint density at radius 1 is 1.38 bits per heavy atom. The van der Waals surface area contributed by atoms with E-state index in [1.807, 2.05) is 32.0 Å². The van der Waals surface area contributed by atoms with Gasteiger partial charge in [0.15, 0.2) is 0 Å². The number of nitrogens with one attached hydrogen (secondary N) is 1. The van der Waals surface area contributed by atoms with Crippen LogP contribution in [0.15, 0.2) is 18.2 Å². The van der Waals surface area contributed by atoms with Crippen LogP contribution in [0.1, 0.15) is 18.1 Å². The van der Waals surface area contributed by atoms with Crippen LogP contribution in [0.4, 0.5) is 5.69 Å². The molecule has 16 heavy (non-hydrogen) atoms.